The maximum absolute atomic E-state index is 12.5. The molecule has 0 saturated carbocycles. The molecule has 3 rings (SSSR count). The van der Waals surface area contributed by atoms with Gasteiger partial charge in [-0.3, -0.25) is 4.79 Å². The topological polar surface area (TPSA) is 69.0 Å². The minimum absolute atomic E-state index is 0.0238. The third-order valence-corrected chi connectivity index (χ3v) is 4.22. The Morgan fingerprint density at radius 1 is 1.39 bits per heavy atom. The van der Waals surface area contributed by atoms with Crippen LogP contribution in [-0.4, -0.2) is 33.4 Å². The number of para-hydroxylation sites is 1. The number of carbonyl (C=O) groups is 1. The third kappa shape index (κ3) is 3.59. The summed E-state index contributed by atoms with van der Waals surface area (Å²) < 4.78 is 7.44. The summed E-state index contributed by atoms with van der Waals surface area (Å²) in [5, 5.41) is 7.22. The molecule has 2 atom stereocenters. The van der Waals surface area contributed by atoms with E-state index in [1.165, 1.54) is 6.33 Å². The van der Waals surface area contributed by atoms with Crippen molar-refractivity contribution < 1.29 is 9.53 Å². The van der Waals surface area contributed by atoms with E-state index in [-0.39, 0.29) is 17.9 Å². The lowest BCUT2D eigenvalue weighted by atomic mass is 9.92. The second kappa shape index (κ2) is 7.37. The molecule has 1 aromatic carbocycles. The first-order chi connectivity index (χ1) is 11.3. The Balaban J connectivity index is 1.65. The van der Waals surface area contributed by atoms with Crippen molar-refractivity contribution in [3.8, 4) is 5.69 Å². The van der Waals surface area contributed by atoms with E-state index in [9.17, 15) is 4.79 Å². The summed E-state index contributed by atoms with van der Waals surface area (Å²) in [4.78, 5) is 16.7. The van der Waals surface area contributed by atoms with Crippen molar-refractivity contribution in [3.05, 3.63) is 42.5 Å². The lowest BCUT2D eigenvalue weighted by Gasteiger charge is -2.30. The monoisotopic (exact) mass is 314 g/mol. The first-order valence-electron chi connectivity index (χ1n) is 8.13. The molecular weight excluding hydrogens is 292 g/mol. The van der Waals surface area contributed by atoms with E-state index >= 15 is 0 Å². The van der Waals surface area contributed by atoms with Gasteiger partial charge in [0.05, 0.1) is 24.3 Å². The predicted molar refractivity (Wildman–Crippen MR) is 86.0 cm³/mol. The van der Waals surface area contributed by atoms with Crippen molar-refractivity contribution in [3.63, 3.8) is 0 Å². The molecule has 23 heavy (non-hydrogen) atoms. The summed E-state index contributed by atoms with van der Waals surface area (Å²) in [6.45, 7) is 3.17. The second-order valence-electron chi connectivity index (χ2n) is 5.71. The number of ether oxygens (including phenoxy) is 1. The Hall–Kier alpha value is -2.21. The van der Waals surface area contributed by atoms with Crippen LogP contribution in [0.25, 0.3) is 5.69 Å². The number of nitrogens with zero attached hydrogens (tertiary/aromatic N) is 3. The van der Waals surface area contributed by atoms with Gasteiger partial charge in [0.1, 0.15) is 6.33 Å². The fourth-order valence-electron chi connectivity index (χ4n) is 3.01. The van der Waals surface area contributed by atoms with Crippen molar-refractivity contribution in [1.82, 2.24) is 20.1 Å². The van der Waals surface area contributed by atoms with Crippen LogP contribution < -0.4 is 5.32 Å². The molecule has 1 amide bonds. The zero-order valence-electron chi connectivity index (χ0n) is 13.3. The summed E-state index contributed by atoms with van der Waals surface area (Å²) in [5.74, 6) is 0.690. The second-order valence-corrected chi connectivity index (χ2v) is 5.71. The van der Waals surface area contributed by atoms with Crippen molar-refractivity contribution in [2.45, 2.75) is 38.8 Å². The summed E-state index contributed by atoms with van der Waals surface area (Å²) in [6.07, 6.45) is 4.21. The number of hydrogen-bond donors (Lipinski definition) is 1. The van der Waals surface area contributed by atoms with Gasteiger partial charge < -0.3 is 10.1 Å². The number of benzene rings is 1. The molecule has 1 aromatic heterocycles. The highest BCUT2D eigenvalue weighted by molar-refractivity contribution is 5.79. The smallest absolute Gasteiger partial charge is 0.226 e. The number of carbonyl (C=O) groups excluding carboxylic acids is 1. The van der Waals surface area contributed by atoms with Crippen molar-refractivity contribution >= 4 is 5.91 Å². The fourth-order valence-corrected chi connectivity index (χ4v) is 3.01. The van der Waals surface area contributed by atoms with Gasteiger partial charge >= 0.3 is 0 Å². The summed E-state index contributed by atoms with van der Waals surface area (Å²) in [7, 11) is 0. The van der Waals surface area contributed by atoms with Gasteiger partial charge in [0.25, 0.3) is 0 Å². The van der Waals surface area contributed by atoms with Crippen LogP contribution in [-0.2, 0) is 16.1 Å². The highest BCUT2D eigenvalue weighted by Gasteiger charge is 2.30. The number of amides is 1. The van der Waals surface area contributed by atoms with Crippen LogP contribution in [0.4, 0.5) is 0 Å². The van der Waals surface area contributed by atoms with E-state index in [0.29, 0.717) is 12.4 Å². The molecule has 2 aromatic rings. The Labute approximate surface area is 135 Å². The zero-order valence-corrected chi connectivity index (χ0v) is 13.3. The van der Waals surface area contributed by atoms with Crippen LogP contribution in [0.1, 0.15) is 32.0 Å². The highest BCUT2D eigenvalue weighted by atomic mass is 16.5. The lowest BCUT2D eigenvalue weighted by Crippen LogP contribution is -2.41. The SMILES string of the molecule is CC[C@@H]1OCCC[C@@H]1C(=O)NCc1ncnn1-c1ccccc1. The van der Waals surface area contributed by atoms with E-state index < -0.39 is 0 Å². The van der Waals surface area contributed by atoms with E-state index in [0.717, 1.165) is 31.6 Å². The average Bonchev–Trinajstić information content (AvgIpc) is 3.09. The van der Waals surface area contributed by atoms with Gasteiger partial charge in [0, 0.05) is 6.61 Å². The maximum Gasteiger partial charge on any atom is 0.226 e. The van der Waals surface area contributed by atoms with Crippen molar-refractivity contribution in [2.24, 2.45) is 5.92 Å². The first kappa shape index (κ1) is 15.7. The molecule has 1 aliphatic rings. The van der Waals surface area contributed by atoms with Crippen molar-refractivity contribution in [1.29, 1.82) is 0 Å². The minimum Gasteiger partial charge on any atom is -0.377 e. The van der Waals surface area contributed by atoms with Gasteiger partial charge in [-0.05, 0) is 31.4 Å². The van der Waals surface area contributed by atoms with E-state index in [2.05, 4.69) is 22.3 Å². The van der Waals surface area contributed by atoms with Gasteiger partial charge in [0.2, 0.25) is 5.91 Å². The average molecular weight is 314 g/mol. The van der Waals surface area contributed by atoms with Crippen LogP contribution in [0.5, 0.6) is 0 Å². The highest BCUT2D eigenvalue weighted by Crippen LogP contribution is 2.23. The molecule has 6 nitrogen and oxygen atoms in total. The van der Waals surface area contributed by atoms with Gasteiger partial charge in [-0.1, -0.05) is 25.1 Å². The quantitative estimate of drug-likeness (QED) is 0.917. The molecule has 1 saturated heterocycles. The minimum atomic E-state index is -0.0677. The van der Waals surface area contributed by atoms with Crippen LogP contribution >= 0.6 is 0 Å². The largest absolute Gasteiger partial charge is 0.377 e. The number of nitrogens with one attached hydrogen (secondary N) is 1. The Bertz CT molecular complexity index is 641. The molecule has 0 spiro atoms. The van der Waals surface area contributed by atoms with Crippen molar-refractivity contribution in [2.75, 3.05) is 6.61 Å². The predicted octanol–water partition coefficient (Wildman–Crippen LogP) is 2.09. The number of aromatic nitrogens is 3. The molecule has 0 unspecified atom stereocenters. The third-order valence-electron chi connectivity index (χ3n) is 4.22. The van der Waals surface area contributed by atoms with Crippen LogP contribution in [0.3, 0.4) is 0 Å². The molecule has 2 heterocycles. The molecule has 0 aliphatic carbocycles. The Morgan fingerprint density at radius 3 is 3.00 bits per heavy atom. The molecule has 0 radical (unpaired) electrons. The van der Waals surface area contributed by atoms with Gasteiger partial charge in [-0.25, -0.2) is 9.67 Å². The molecule has 1 fully saturated rings. The summed E-state index contributed by atoms with van der Waals surface area (Å²) >= 11 is 0. The molecule has 0 bridgehead atoms. The van der Waals surface area contributed by atoms with Crippen LogP contribution in [0.15, 0.2) is 36.7 Å². The van der Waals surface area contributed by atoms with E-state index in [1.54, 1.807) is 4.68 Å². The first-order valence-corrected chi connectivity index (χ1v) is 8.13. The fraction of sp³-hybridized carbons (Fsp3) is 0.471. The summed E-state index contributed by atoms with van der Waals surface area (Å²) in [5.41, 5.74) is 0.932. The van der Waals surface area contributed by atoms with E-state index in [1.807, 2.05) is 30.3 Å². The molecular formula is C17H22N4O2. The molecule has 6 heteroatoms. The number of hydrogen-bond acceptors (Lipinski definition) is 4. The molecule has 122 valence electrons. The van der Waals surface area contributed by atoms with Crippen LogP contribution in [0, 0.1) is 5.92 Å². The number of rotatable bonds is 5. The Kier molecular flexibility index (Phi) is 5.02. The van der Waals surface area contributed by atoms with Crippen LogP contribution in [0.2, 0.25) is 0 Å². The molecule has 1 N–H and O–H groups in total. The molecule has 1 aliphatic heterocycles. The Morgan fingerprint density at radius 2 is 2.22 bits per heavy atom. The van der Waals surface area contributed by atoms with E-state index in [4.69, 9.17) is 4.74 Å². The lowest BCUT2D eigenvalue weighted by molar-refractivity contribution is -0.134. The normalized spacial score (nSPS) is 21.1. The summed E-state index contributed by atoms with van der Waals surface area (Å²) in [6, 6.07) is 9.77. The van der Waals surface area contributed by atoms with Gasteiger partial charge in [-0.15, -0.1) is 0 Å². The van der Waals surface area contributed by atoms with Gasteiger partial charge in [-0.2, -0.15) is 5.10 Å². The maximum atomic E-state index is 12.5. The standard InChI is InChI=1S/C17H22N4O2/c1-2-15-14(9-6-10-23-15)17(22)18-11-16-19-12-20-21(16)13-7-4-3-5-8-13/h3-5,7-8,12,14-15H,2,6,9-11H2,1H3,(H,18,22)/t14-,15-/m0/s1. The zero-order chi connectivity index (χ0) is 16.1. The van der Waals surface area contributed by atoms with Gasteiger partial charge in [0.15, 0.2) is 5.82 Å².